The molecule has 13 heteroatoms. The van der Waals surface area contributed by atoms with E-state index in [2.05, 4.69) is 39.8 Å². The van der Waals surface area contributed by atoms with Crippen molar-refractivity contribution < 1.29 is 32.2 Å². The molecule has 0 saturated heterocycles. The Bertz CT molecular complexity index is 1010. The first-order valence-corrected chi connectivity index (χ1v) is 14.7. The van der Waals surface area contributed by atoms with Crippen LogP contribution in [-0.2, 0) is 31.9 Å². The van der Waals surface area contributed by atoms with E-state index >= 15 is 0 Å². The highest BCUT2D eigenvalue weighted by Gasteiger charge is 2.39. The first kappa shape index (κ1) is 28.5. The molecule has 1 atom stereocenters. The maximum absolute atomic E-state index is 13.9. The Labute approximate surface area is 202 Å². The molecule has 2 rings (SSSR count). The number of anilines is 1. The molecular formula is C22H31F3N4O5Si. The summed E-state index contributed by atoms with van der Waals surface area (Å²) >= 11 is 0. The van der Waals surface area contributed by atoms with E-state index in [4.69, 9.17) is 9.47 Å². The number of hydrogen-bond donors (Lipinski definition) is 1. The molecule has 0 radical (unpaired) electrons. The lowest BCUT2D eigenvalue weighted by Gasteiger charge is -2.23. The summed E-state index contributed by atoms with van der Waals surface area (Å²) in [6.45, 7) is 6.30. The molecule has 2 aromatic rings. The van der Waals surface area contributed by atoms with Gasteiger partial charge in [-0.3, -0.25) is 14.6 Å². The third kappa shape index (κ3) is 9.42. The molecule has 0 amide bonds. The minimum Gasteiger partial charge on any atom is -0.469 e. The number of hydrogen-bond acceptors (Lipinski definition) is 8. The fourth-order valence-electron chi connectivity index (χ4n) is 2.96. The average Bonchev–Trinajstić information content (AvgIpc) is 2.78. The van der Waals surface area contributed by atoms with E-state index in [-0.39, 0.29) is 26.4 Å². The second kappa shape index (κ2) is 12.8. The van der Waals surface area contributed by atoms with E-state index in [1.807, 2.05) is 0 Å². The van der Waals surface area contributed by atoms with Crippen molar-refractivity contribution in [1.29, 1.82) is 0 Å². The number of halogens is 3. The van der Waals surface area contributed by atoms with Crippen molar-refractivity contribution in [3.63, 3.8) is 0 Å². The zero-order chi connectivity index (χ0) is 26.1. The topological polar surface area (TPSA) is 105 Å². The van der Waals surface area contributed by atoms with E-state index in [0.29, 0.717) is 16.9 Å². The van der Waals surface area contributed by atoms with Gasteiger partial charge in [-0.05, 0) is 23.7 Å². The highest BCUT2D eigenvalue weighted by Crippen LogP contribution is 2.33. The SMILES string of the molecule is COC(=O)CCOCC(Nc1cnn(COCC[Si](C)(C)C)c(=O)c1C(F)(F)F)c1ccncc1. The number of alkyl halides is 3. The van der Waals surface area contributed by atoms with Crippen LogP contribution in [0.25, 0.3) is 0 Å². The van der Waals surface area contributed by atoms with Crippen LogP contribution in [0.2, 0.25) is 25.7 Å². The molecule has 1 unspecified atom stereocenters. The summed E-state index contributed by atoms with van der Waals surface area (Å²) in [6.07, 6.45) is -1.03. The quantitative estimate of drug-likeness (QED) is 0.244. The number of methoxy groups -OCH3 is 1. The van der Waals surface area contributed by atoms with Gasteiger partial charge in [-0.25, -0.2) is 4.68 Å². The summed E-state index contributed by atoms with van der Waals surface area (Å²) in [5.41, 5.74) is -2.60. The minimum absolute atomic E-state index is 0.0106. The molecule has 0 aliphatic rings. The Balaban J connectivity index is 2.25. The Morgan fingerprint density at radius 1 is 1.17 bits per heavy atom. The zero-order valence-corrected chi connectivity index (χ0v) is 21.2. The summed E-state index contributed by atoms with van der Waals surface area (Å²) in [5.74, 6) is -0.474. The third-order valence-corrected chi connectivity index (χ3v) is 6.64. The lowest BCUT2D eigenvalue weighted by atomic mass is 10.1. The monoisotopic (exact) mass is 516 g/mol. The summed E-state index contributed by atoms with van der Waals surface area (Å²) < 4.78 is 57.8. The first-order chi connectivity index (χ1) is 16.4. The molecule has 0 aliphatic carbocycles. The smallest absolute Gasteiger partial charge is 0.423 e. The Morgan fingerprint density at radius 2 is 1.86 bits per heavy atom. The number of esters is 1. The Morgan fingerprint density at radius 3 is 2.46 bits per heavy atom. The van der Waals surface area contributed by atoms with Crippen molar-refractivity contribution >= 4 is 19.7 Å². The zero-order valence-electron chi connectivity index (χ0n) is 20.2. The average molecular weight is 517 g/mol. The van der Waals surface area contributed by atoms with Crippen molar-refractivity contribution in [2.75, 3.05) is 32.2 Å². The van der Waals surface area contributed by atoms with Crippen molar-refractivity contribution in [3.05, 3.63) is 52.2 Å². The highest BCUT2D eigenvalue weighted by molar-refractivity contribution is 6.76. The lowest BCUT2D eigenvalue weighted by molar-refractivity contribution is -0.142. The van der Waals surface area contributed by atoms with Crippen LogP contribution in [0.5, 0.6) is 0 Å². The number of nitrogens with one attached hydrogen (secondary N) is 1. The number of ether oxygens (including phenoxy) is 3. The fourth-order valence-corrected chi connectivity index (χ4v) is 3.71. The maximum atomic E-state index is 13.9. The van der Waals surface area contributed by atoms with Crippen LogP contribution in [0, 0.1) is 0 Å². The molecule has 0 bridgehead atoms. The molecule has 0 spiro atoms. The van der Waals surface area contributed by atoms with E-state index in [1.54, 1.807) is 12.1 Å². The number of pyridine rings is 1. The summed E-state index contributed by atoms with van der Waals surface area (Å²) in [4.78, 5) is 27.9. The van der Waals surface area contributed by atoms with Gasteiger partial charge >= 0.3 is 12.1 Å². The molecule has 2 aromatic heterocycles. The fraction of sp³-hybridized carbons (Fsp3) is 0.545. The van der Waals surface area contributed by atoms with Crippen molar-refractivity contribution in [3.8, 4) is 0 Å². The molecule has 1 N–H and O–H groups in total. The van der Waals surface area contributed by atoms with Crippen LogP contribution in [0.1, 0.15) is 23.6 Å². The highest BCUT2D eigenvalue weighted by atomic mass is 28.3. The van der Waals surface area contributed by atoms with Crippen LogP contribution in [0.15, 0.2) is 35.5 Å². The Hall–Kier alpha value is -2.77. The van der Waals surface area contributed by atoms with Gasteiger partial charge in [0.1, 0.15) is 12.3 Å². The summed E-state index contributed by atoms with van der Waals surface area (Å²) in [5, 5.41) is 6.61. The number of aromatic nitrogens is 3. The molecule has 35 heavy (non-hydrogen) atoms. The predicted octanol–water partition coefficient (Wildman–Crippen LogP) is 3.70. The summed E-state index contributed by atoms with van der Waals surface area (Å²) in [6, 6.07) is 3.24. The molecule has 0 aliphatic heterocycles. The van der Waals surface area contributed by atoms with Crippen molar-refractivity contribution in [1.82, 2.24) is 14.8 Å². The second-order valence-corrected chi connectivity index (χ2v) is 14.6. The van der Waals surface area contributed by atoms with Crippen molar-refractivity contribution in [2.45, 2.75) is 51.1 Å². The van der Waals surface area contributed by atoms with Gasteiger partial charge in [-0.2, -0.15) is 18.3 Å². The number of nitrogens with zero attached hydrogens (tertiary/aromatic N) is 3. The Kier molecular flexibility index (Phi) is 10.4. The number of carbonyl (C=O) groups excluding carboxylic acids is 1. The van der Waals surface area contributed by atoms with Gasteiger partial charge in [0.05, 0.1) is 44.7 Å². The lowest BCUT2D eigenvalue weighted by Crippen LogP contribution is -2.33. The van der Waals surface area contributed by atoms with Crippen LogP contribution in [0.3, 0.4) is 0 Å². The number of rotatable bonds is 13. The largest absolute Gasteiger partial charge is 0.469 e. The number of carbonyl (C=O) groups is 1. The predicted molar refractivity (Wildman–Crippen MR) is 126 cm³/mol. The van der Waals surface area contributed by atoms with Gasteiger partial charge < -0.3 is 19.5 Å². The molecule has 2 heterocycles. The normalized spacial score (nSPS) is 12.9. The molecular weight excluding hydrogens is 485 g/mol. The van der Waals surface area contributed by atoms with Gasteiger partial charge in [-0.1, -0.05) is 19.6 Å². The van der Waals surface area contributed by atoms with Crippen LogP contribution < -0.4 is 10.9 Å². The van der Waals surface area contributed by atoms with Crippen LogP contribution in [-0.4, -0.2) is 55.7 Å². The van der Waals surface area contributed by atoms with Gasteiger partial charge in [0, 0.05) is 27.1 Å². The van der Waals surface area contributed by atoms with Gasteiger partial charge in [0.15, 0.2) is 0 Å². The summed E-state index contributed by atoms with van der Waals surface area (Å²) in [7, 11) is -0.152. The maximum Gasteiger partial charge on any atom is 0.423 e. The van der Waals surface area contributed by atoms with E-state index in [0.717, 1.165) is 12.2 Å². The van der Waals surface area contributed by atoms with Gasteiger partial charge in [-0.15, -0.1) is 0 Å². The first-order valence-electron chi connectivity index (χ1n) is 11.0. The van der Waals surface area contributed by atoms with E-state index in [9.17, 15) is 22.8 Å². The van der Waals surface area contributed by atoms with Crippen molar-refractivity contribution in [2.24, 2.45) is 0 Å². The molecule has 0 saturated carbocycles. The third-order valence-electron chi connectivity index (χ3n) is 4.94. The standard InChI is InChI=1S/C22H31F3N4O5Si/c1-32-19(30)7-10-33-14-18(16-5-8-26-9-6-16)28-17-13-27-29(15-34-11-12-35(2,3)4)21(31)20(17)22(23,24)25/h5-6,8-9,13,18,28H,7,10-12,14-15H2,1-4H3. The van der Waals surface area contributed by atoms with E-state index in [1.165, 1.54) is 19.5 Å². The minimum atomic E-state index is -4.93. The molecule has 0 fully saturated rings. The second-order valence-electron chi connectivity index (χ2n) is 8.96. The van der Waals surface area contributed by atoms with Crippen LogP contribution in [0.4, 0.5) is 18.9 Å². The van der Waals surface area contributed by atoms with Crippen LogP contribution >= 0.6 is 0 Å². The molecule has 194 valence electrons. The van der Waals surface area contributed by atoms with Gasteiger partial charge in [0.2, 0.25) is 0 Å². The van der Waals surface area contributed by atoms with E-state index < -0.39 is 43.1 Å². The van der Waals surface area contributed by atoms with Gasteiger partial charge in [0.25, 0.3) is 5.56 Å². The molecule has 9 nitrogen and oxygen atoms in total. The molecule has 0 aromatic carbocycles.